The minimum atomic E-state index is -0.354. The average Bonchev–Trinajstić information content (AvgIpc) is 2.54. The van der Waals surface area contributed by atoms with Gasteiger partial charge >= 0.3 is 0 Å². The maximum Gasteiger partial charge on any atom is 0.244 e. The van der Waals surface area contributed by atoms with E-state index in [4.69, 9.17) is 4.74 Å². The van der Waals surface area contributed by atoms with Crippen molar-refractivity contribution in [2.24, 2.45) is 5.10 Å². The Kier molecular flexibility index (Phi) is 6.31. The molecule has 2 rings (SSSR count). The summed E-state index contributed by atoms with van der Waals surface area (Å²) in [7, 11) is 0. The number of amides is 1. The summed E-state index contributed by atoms with van der Waals surface area (Å²) in [5, 5.41) is 13.9. The first-order chi connectivity index (χ1) is 11.5. The van der Waals surface area contributed by atoms with Crippen LogP contribution < -0.4 is 10.2 Å². The number of nitrogens with one attached hydrogen (secondary N) is 1. The second-order valence-corrected chi connectivity index (χ2v) is 5.79. The van der Waals surface area contributed by atoms with E-state index in [9.17, 15) is 14.3 Å². The molecule has 0 aromatic heterocycles. The quantitative estimate of drug-likeness (QED) is 0.582. The molecule has 0 bridgehead atoms. The van der Waals surface area contributed by atoms with Crippen molar-refractivity contribution in [3.63, 3.8) is 0 Å². The number of rotatable bonds is 6. The van der Waals surface area contributed by atoms with Gasteiger partial charge < -0.3 is 9.84 Å². The van der Waals surface area contributed by atoms with Gasteiger partial charge in [0.15, 0.2) is 11.5 Å². The van der Waals surface area contributed by atoms with E-state index in [1.54, 1.807) is 12.1 Å². The topological polar surface area (TPSA) is 70.9 Å². The zero-order chi connectivity index (χ0) is 17.5. The summed E-state index contributed by atoms with van der Waals surface area (Å²) < 4.78 is 18.8. The van der Waals surface area contributed by atoms with Crippen LogP contribution in [0.15, 0.2) is 46.0 Å². The lowest BCUT2D eigenvalue weighted by atomic mass is 10.1. The fourth-order valence-corrected chi connectivity index (χ4v) is 2.41. The van der Waals surface area contributed by atoms with E-state index >= 15 is 0 Å². The molecule has 0 atom stereocenters. The van der Waals surface area contributed by atoms with Gasteiger partial charge in [-0.15, -0.1) is 0 Å². The van der Waals surface area contributed by atoms with E-state index in [1.807, 2.05) is 6.92 Å². The van der Waals surface area contributed by atoms with Gasteiger partial charge in [0, 0.05) is 10.0 Å². The zero-order valence-corrected chi connectivity index (χ0v) is 14.5. The second-order valence-electron chi connectivity index (χ2n) is 4.87. The van der Waals surface area contributed by atoms with Crippen molar-refractivity contribution in [2.45, 2.75) is 13.3 Å². The molecule has 2 N–H and O–H groups in total. The minimum Gasteiger partial charge on any atom is -0.504 e. The smallest absolute Gasteiger partial charge is 0.244 e. The maximum absolute atomic E-state index is 12.8. The number of hydrazone groups is 1. The SMILES string of the molecule is CCOc1cc(Br)cc(/C=N/NC(=O)Cc2ccc(F)cc2)c1O. The van der Waals surface area contributed by atoms with E-state index in [0.717, 1.165) is 0 Å². The molecule has 0 unspecified atom stereocenters. The van der Waals surface area contributed by atoms with Crippen molar-refractivity contribution in [1.29, 1.82) is 0 Å². The van der Waals surface area contributed by atoms with Crippen LogP contribution in [-0.2, 0) is 11.2 Å². The molecular formula is C17H16BrFN2O3. The highest BCUT2D eigenvalue weighted by Crippen LogP contribution is 2.32. The van der Waals surface area contributed by atoms with Crippen LogP contribution in [0.2, 0.25) is 0 Å². The third-order valence-electron chi connectivity index (χ3n) is 3.04. The highest BCUT2D eigenvalue weighted by molar-refractivity contribution is 9.10. The monoisotopic (exact) mass is 394 g/mol. The molecular weight excluding hydrogens is 379 g/mol. The largest absolute Gasteiger partial charge is 0.504 e. The number of phenols is 1. The van der Waals surface area contributed by atoms with Crippen LogP contribution in [0, 0.1) is 5.82 Å². The summed E-state index contributed by atoms with van der Waals surface area (Å²) in [5.74, 6) is -0.438. The third-order valence-corrected chi connectivity index (χ3v) is 3.50. The molecule has 0 fully saturated rings. The Labute approximate surface area is 147 Å². The molecule has 0 heterocycles. The molecule has 2 aromatic carbocycles. The van der Waals surface area contributed by atoms with Crippen LogP contribution in [0.5, 0.6) is 11.5 Å². The van der Waals surface area contributed by atoms with Gasteiger partial charge in [-0.3, -0.25) is 4.79 Å². The van der Waals surface area contributed by atoms with Crippen molar-refractivity contribution in [2.75, 3.05) is 6.61 Å². The lowest BCUT2D eigenvalue weighted by Gasteiger charge is -2.08. The summed E-state index contributed by atoms with van der Waals surface area (Å²) >= 11 is 3.32. The number of hydrogen-bond acceptors (Lipinski definition) is 4. The number of hydrogen-bond donors (Lipinski definition) is 2. The first-order valence-corrected chi connectivity index (χ1v) is 8.00. The predicted molar refractivity (Wildman–Crippen MR) is 92.8 cm³/mol. The summed E-state index contributed by atoms with van der Waals surface area (Å²) in [5.41, 5.74) is 3.43. The Bertz CT molecular complexity index is 748. The highest BCUT2D eigenvalue weighted by atomic mass is 79.9. The number of ether oxygens (including phenoxy) is 1. The Morgan fingerprint density at radius 3 is 2.75 bits per heavy atom. The van der Waals surface area contributed by atoms with Gasteiger partial charge in [0.25, 0.3) is 0 Å². The van der Waals surface area contributed by atoms with Crippen LogP contribution in [-0.4, -0.2) is 23.8 Å². The molecule has 0 spiro atoms. The average molecular weight is 395 g/mol. The molecule has 2 aromatic rings. The van der Waals surface area contributed by atoms with Gasteiger partial charge in [-0.1, -0.05) is 28.1 Å². The normalized spacial score (nSPS) is 10.8. The van der Waals surface area contributed by atoms with E-state index < -0.39 is 0 Å². The lowest BCUT2D eigenvalue weighted by Crippen LogP contribution is -2.19. The van der Waals surface area contributed by atoms with Gasteiger partial charge in [0.2, 0.25) is 5.91 Å². The van der Waals surface area contributed by atoms with E-state index in [2.05, 4.69) is 26.5 Å². The molecule has 0 aliphatic carbocycles. The third kappa shape index (κ3) is 5.06. The number of aromatic hydroxyl groups is 1. The molecule has 0 saturated carbocycles. The molecule has 0 radical (unpaired) electrons. The van der Waals surface area contributed by atoms with Crippen molar-refractivity contribution in [3.05, 3.63) is 57.8 Å². The van der Waals surface area contributed by atoms with Crippen molar-refractivity contribution >= 4 is 28.1 Å². The number of carbonyl (C=O) groups is 1. The standard InChI is InChI=1S/C17H16BrFN2O3/c1-2-24-15-9-13(18)8-12(17(15)23)10-20-21-16(22)7-11-3-5-14(19)6-4-11/h3-6,8-10,23H,2,7H2,1H3,(H,21,22)/b20-10+. The minimum absolute atomic E-state index is 0.0587. The first-order valence-electron chi connectivity index (χ1n) is 7.21. The second kappa shape index (κ2) is 8.44. The van der Waals surface area contributed by atoms with Gasteiger partial charge in [0.1, 0.15) is 5.82 Å². The summed E-state index contributed by atoms with van der Waals surface area (Å²) in [4.78, 5) is 11.8. The van der Waals surface area contributed by atoms with Crippen molar-refractivity contribution in [3.8, 4) is 11.5 Å². The highest BCUT2D eigenvalue weighted by Gasteiger charge is 2.09. The molecule has 24 heavy (non-hydrogen) atoms. The maximum atomic E-state index is 12.8. The molecule has 1 amide bonds. The number of benzene rings is 2. The van der Waals surface area contributed by atoms with Gasteiger partial charge in [-0.05, 0) is 36.8 Å². The van der Waals surface area contributed by atoms with Crippen LogP contribution in [0.25, 0.3) is 0 Å². The summed E-state index contributed by atoms with van der Waals surface area (Å²) in [6.07, 6.45) is 1.40. The lowest BCUT2D eigenvalue weighted by molar-refractivity contribution is -0.120. The van der Waals surface area contributed by atoms with E-state index in [-0.39, 0.29) is 23.9 Å². The molecule has 126 valence electrons. The number of halogens is 2. The van der Waals surface area contributed by atoms with Crippen LogP contribution in [0.3, 0.4) is 0 Å². The summed E-state index contributed by atoms with van der Waals surface area (Å²) in [6, 6.07) is 8.94. The molecule has 7 heteroatoms. The van der Waals surface area contributed by atoms with Gasteiger partial charge in [0.05, 0.1) is 19.2 Å². The molecule has 5 nitrogen and oxygen atoms in total. The fraction of sp³-hybridized carbons (Fsp3) is 0.176. The molecule has 0 aliphatic rings. The number of carbonyl (C=O) groups excluding carboxylic acids is 1. The van der Waals surface area contributed by atoms with Gasteiger partial charge in [-0.2, -0.15) is 5.10 Å². The summed E-state index contributed by atoms with van der Waals surface area (Å²) in [6.45, 7) is 2.22. The first kappa shape index (κ1) is 17.9. The van der Waals surface area contributed by atoms with Crippen molar-refractivity contribution in [1.82, 2.24) is 5.43 Å². The predicted octanol–water partition coefficient (Wildman–Crippen LogP) is 3.39. The molecule has 0 aliphatic heterocycles. The Morgan fingerprint density at radius 2 is 2.08 bits per heavy atom. The van der Waals surface area contributed by atoms with Crippen LogP contribution in [0.4, 0.5) is 4.39 Å². The number of nitrogens with zero attached hydrogens (tertiary/aromatic N) is 1. The van der Waals surface area contributed by atoms with Crippen LogP contribution in [0.1, 0.15) is 18.1 Å². The zero-order valence-electron chi connectivity index (χ0n) is 12.9. The fourth-order valence-electron chi connectivity index (χ4n) is 1.96. The Balaban J connectivity index is 2.00. The van der Waals surface area contributed by atoms with Crippen molar-refractivity contribution < 1.29 is 19.0 Å². The Morgan fingerprint density at radius 1 is 1.38 bits per heavy atom. The van der Waals surface area contributed by atoms with E-state index in [0.29, 0.717) is 28.0 Å². The van der Waals surface area contributed by atoms with E-state index in [1.165, 1.54) is 30.5 Å². The Hall–Kier alpha value is -2.41. The molecule has 0 saturated heterocycles. The number of phenolic OH excluding ortho intramolecular Hbond substituents is 1. The van der Waals surface area contributed by atoms with Crippen LogP contribution >= 0.6 is 15.9 Å². The van der Waals surface area contributed by atoms with Gasteiger partial charge in [-0.25, -0.2) is 9.82 Å².